The normalized spacial score (nSPS) is 22.5. The number of aryl methyl sites for hydroxylation is 1. The van der Waals surface area contributed by atoms with Crippen LogP contribution in [-0.2, 0) is 11.8 Å². The van der Waals surface area contributed by atoms with Crippen molar-refractivity contribution in [1.29, 1.82) is 0 Å². The fourth-order valence-corrected chi connectivity index (χ4v) is 2.94. The highest BCUT2D eigenvalue weighted by molar-refractivity contribution is 6.31. The third-order valence-electron chi connectivity index (χ3n) is 3.95. The van der Waals surface area contributed by atoms with E-state index in [1.165, 1.54) is 0 Å². The molecule has 0 saturated heterocycles. The number of nitrogens with one attached hydrogen (secondary N) is 1. The van der Waals surface area contributed by atoms with Gasteiger partial charge in [-0.3, -0.25) is 9.59 Å². The lowest BCUT2D eigenvalue weighted by Crippen LogP contribution is -2.33. The molecule has 20 heavy (non-hydrogen) atoms. The lowest BCUT2D eigenvalue weighted by Gasteiger charge is -2.26. The summed E-state index contributed by atoms with van der Waals surface area (Å²) in [5.74, 6) is -0.690. The molecule has 1 aromatic heterocycles. The zero-order valence-corrected chi connectivity index (χ0v) is 12.2. The Kier molecular flexibility index (Phi) is 4.70. The number of aliphatic carboxylic acids is 1. The molecule has 6 heteroatoms. The van der Waals surface area contributed by atoms with E-state index in [1.54, 1.807) is 23.9 Å². The van der Waals surface area contributed by atoms with E-state index < -0.39 is 5.97 Å². The van der Waals surface area contributed by atoms with E-state index in [0.29, 0.717) is 36.0 Å². The molecule has 0 spiro atoms. The molecule has 1 heterocycles. The lowest BCUT2D eigenvalue weighted by atomic mass is 9.82. The first-order valence-electron chi connectivity index (χ1n) is 6.80. The Bertz CT molecular complexity index is 505. The van der Waals surface area contributed by atoms with Crippen LogP contribution in [0, 0.1) is 11.8 Å². The highest BCUT2D eigenvalue weighted by atomic mass is 35.5. The molecular weight excluding hydrogens is 280 g/mol. The van der Waals surface area contributed by atoms with E-state index in [0.717, 1.165) is 12.8 Å². The lowest BCUT2D eigenvalue weighted by molar-refractivity contribution is -0.143. The smallest absolute Gasteiger partial charge is 0.306 e. The summed E-state index contributed by atoms with van der Waals surface area (Å²) < 4.78 is 1.69. The maximum absolute atomic E-state index is 12.0. The maximum Gasteiger partial charge on any atom is 0.306 e. The molecule has 0 aliphatic heterocycles. The monoisotopic (exact) mass is 298 g/mol. The Morgan fingerprint density at radius 1 is 1.40 bits per heavy atom. The van der Waals surface area contributed by atoms with E-state index in [2.05, 4.69) is 5.32 Å². The van der Waals surface area contributed by atoms with E-state index in [4.69, 9.17) is 16.7 Å². The Morgan fingerprint density at radius 2 is 2.05 bits per heavy atom. The molecule has 5 nitrogen and oxygen atoms in total. The summed E-state index contributed by atoms with van der Waals surface area (Å²) in [6.45, 7) is 0.591. The van der Waals surface area contributed by atoms with Gasteiger partial charge in [-0.1, -0.05) is 11.6 Å². The topological polar surface area (TPSA) is 71.3 Å². The summed E-state index contributed by atoms with van der Waals surface area (Å²) in [4.78, 5) is 22.9. The Labute approximate surface area is 122 Å². The Morgan fingerprint density at radius 3 is 2.55 bits per heavy atom. The highest BCUT2D eigenvalue weighted by Crippen LogP contribution is 2.28. The first-order valence-corrected chi connectivity index (χ1v) is 7.18. The number of amides is 1. The highest BCUT2D eigenvalue weighted by Gasteiger charge is 2.26. The largest absolute Gasteiger partial charge is 0.481 e. The summed E-state index contributed by atoms with van der Waals surface area (Å²) in [6, 6.07) is 1.64. The number of hydrogen-bond acceptors (Lipinski definition) is 2. The summed E-state index contributed by atoms with van der Waals surface area (Å²) in [5.41, 5.74) is 0.536. The average molecular weight is 299 g/mol. The number of rotatable bonds is 4. The van der Waals surface area contributed by atoms with Gasteiger partial charge < -0.3 is 15.0 Å². The van der Waals surface area contributed by atoms with Gasteiger partial charge in [0, 0.05) is 19.8 Å². The maximum atomic E-state index is 12.0. The summed E-state index contributed by atoms with van der Waals surface area (Å²) in [6.07, 6.45) is 4.79. The molecule has 0 bridgehead atoms. The molecule has 1 aliphatic carbocycles. The van der Waals surface area contributed by atoms with Crippen molar-refractivity contribution in [3.05, 3.63) is 23.0 Å². The van der Waals surface area contributed by atoms with Gasteiger partial charge in [0.15, 0.2) is 0 Å². The summed E-state index contributed by atoms with van der Waals surface area (Å²) >= 11 is 5.85. The molecule has 0 aromatic carbocycles. The fraction of sp³-hybridized carbons (Fsp3) is 0.571. The second kappa shape index (κ2) is 6.31. The molecule has 1 aromatic rings. The van der Waals surface area contributed by atoms with Gasteiger partial charge >= 0.3 is 5.97 Å². The first-order chi connectivity index (χ1) is 9.47. The zero-order chi connectivity index (χ0) is 14.7. The number of aromatic nitrogens is 1. The minimum Gasteiger partial charge on any atom is -0.481 e. The number of nitrogens with zero attached hydrogens (tertiary/aromatic N) is 1. The van der Waals surface area contributed by atoms with Crippen molar-refractivity contribution in [1.82, 2.24) is 9.88 Å². The molecule has 1 fully saturated rings. The molecule has 1 aliphatic rings. The van der Waals surface area contributed by atoms with Crippen molar-refractivity contribution >= 4 is 23.5 Å². The van der Waals surface area contributed by atoms with E-state index in [-0.39, 0.29) is 11.8 Å². The van der Waals surface area contributed by atoms with Crippen LogP contribution in [0.3, 0.4) is 0 Å². The van der Waals surface area contributed by atoms with Gasteiger partial charge in [0.25, 0.3) is 5.91 Å². The second-order valence-electron chi connectivity index (χ2n) is 5.42. The quantitative estimate of drug-likeness (QED) is 0.896. The van der Waals surface area contributed by atoms with Crippen LogP contribution in [-0.4, -0.2) is 28.1 Å². The van der Waals surface area contributed by atoms with Gasteiger partial charge in [-0.2, -0.15) is 0 Å². The zero-order valence-electron chi connectivity index (χ0n) is 11.4. The van der Waals surface area contributed by atoms with Crippen LogP contribution in [0.25, 0.3) is 0 Å². The molecular formula is C14H19ClN2O3. The van der Waals surface area contributed by atoms with Crippen molar-refractivity contribution in [2.24, 2.45) is 18.9 Å². The number of hydrogen-bond donors (Lipinski definition) is 2. The minimum atomic E-state index is -0.703. The number of carbonyl (C=O) groups is 2. The Hall–Kier alpha value is -1.49. The van der Waals surface area contributed by atoms with Crippen molar-refractivity contribution in [2.75, 3.05) is 6.54 Å². The molecule has 2 rings (SSSR count). The standard InChI is InChI=1S/C14H19ClN2O3/c1-17-8-11(15)6-12(17)13(18)16-7-9-2-4-10(5-3-9)14(19)20/h6,8-10H,2-5,7H2,1H3,(H,16,18)(H,19,20). The van der Waals surface area contributed by atoms with Crippen LogP contribution in [0.15, 0.2) is 12.3 Å². The molecule has 0 unspecified atom stereocenters. The van der Waals surface area contributed by atoms with E-state index in [1.807, 2.05) is 0 Å². The molecule has 0 atom stereocenters. The molecule has 2 N–H and O–H groups in total. The van der Waals surface area contributed by atoms with Crippen LogP contribution in [0.1, 0.15) is 36.2 Å². The van der Waals surface area contributed by atoms with Crippen molar-refractivity contribution < 1.29 is 14.7 Å². The van der Waals surface area contributed by atoms with Crippen LogP contribution in [0.2, 0.25) is 5.02 Å². The third-order valence-corrected chi connectivity index (χ3v) is 4.16. The van der Waals surface area contributed by atoms with Crippen LogP contribution < -0.4 is 5.32 Å². The van der Waals surface area contributed by atoms with Crippen molar-refractivity contribution in [3.63, 3.8) is 0 Å². The molecule has 1 amide bonds. The van der Waals surface area contributed by atoms with Gasteiger partial charge in [0.05, 0.1) is 10.9 Å². The number of carboxylic acid groups (broad SMARTS) is 1. The molecule has 1 saturated carbocycles. The van der Waals surface area contributed by atoms with Gasteiger partial charge in [0.2, 0.25) is 0 Å². The van der Waals surface area contributed by atoms with Crippen molar-refractivity contribution in [2.45, 2.75) is 25.7 Å². The average Bonchev–Trinajstić information content (AvgIpc) is 2.75. The Balaban J connectivity index is 1.80. The van der Waals surface area contributed by atoms with E-state index >= 15 is 0 Å². The van der Waals surface area contributed by atoms with Crippen molar-refractivity contribution in [3.8, 4) is 0 Å². The number of carbonyl (C=O) groups excluding carboxylic acids is 1. The van der Waals surface area contributed by atoms with Gasteiger partial charge in [-0.25, -0.2) is 0 Å². The predicted octanol–water partition coefficient (Wildman–Crippen LogP) is 2.30. The van der Waals surface area contributed by atoms with Gasteiger partial charge in [-0.15, -0.1) is 0 Å². The third kappa shape index (κ3) is 3.54. The second-order valence-corrected chi connectivity index (χ2v) is 5.86. The molecule has 110 valence electrons. The van der Waals surface area contributed by atoms with Gasteiger partial charge in [-0.05, 0) is 37.7 Å². The summed E-state index contributed by atoms with van der Waals surface area (Å²) in [5, 5.41) is 12.4. The first kappa shape index (κ1) is 14.9. The number of halogens is 1. The predicted molar refractivity (Wildman–Crippen MR) is 75.8 cm³/mol. The van der Waals surface area contributed by atoms with Gasteiger partial charge in [0.1, 0.15) is 5.69 Å². The minimum absolute atomic E-state index is 0.139. The fourth-order valence-electron chi connectivity index (χ4n) is 2.69. The van der Waals surface area contributed by atoms with Crippen LogP contribution in [0.4, 0.5) is 0 Å². The molecule has 0 radical (unpaired) electrons. The SMILES string of the molecule is Cn1cc(Cl)cc1C(=O)NCC1CCC(C(=O)O)CC1. The van der Waals surface area contributed by atoms with E-state index in [9.17, 15) is 9.59 Å². The van der Waals surface area contributed by atoms with Crippen LogP contribution in [0.5, 0.6) is 0 Å². The summed E-state index contributed by atoms with van der Waals surface area (Å²) in [7, 11) is 1.78. The van der Waals surface area contributed by atoms with Crippen LogP contribution >= 0.6 is 11.6 Å². The number of carboxylic acids is 1.